The van der Waals surface area contributed by atoms with Gasteiger partial charge in [-0.2, -0.15) is 0 Å². The third-order valence-electron chi connectivity index (χ3n) is 4.60. The van der Waals surface area contributed by atoms with Crippen LogP contribution in [0.3, 0.4) is 0 Å². The molecule has 1 N–H and O–H groups in total. The van der Waals surface area contributed by atoms with Gasteiger partial charge in [-0.25, -0.2) is 18.0 Å². The molecular formula is C17H18F3KN3O3. The third kappa shape index (κ3) is 4.25. The summed E-state index contributed by atoms with van der Waals surface area (Å²) in [5.74, 6) is -3.45. The van der Waals surface area contributed by atoms with Gasteiger partial charge in [0.05, 0.1) is 17.4 Å². The van der Waals surface area contributed by atoms with Crippen LogP contribution in [0.15, 0.2) is 17.1 Å². The second kappa shape index (κ2) is 9.06. The minimum atomic E-state index is -1.53. The number of aromatic nitrogens is 1. The first-order chi connectivity index (χ1) is 12.3. The molecule has 1 aliphatic heterocycles. The molecule has 1 fully saturated rings. The normalized spacial score (nSPS) is 15.0. The van der Waals surface area contributed by atoms with E-state index >= 15 is 4.39 Å². The zero-order chi connectivity index (χ0) is 19.0. The van der Waals surface area contributed by atoms with Gasteiger partial charge in [0.1, 0.15) is 23.7 Å². The molecule has 1 aromatic carbocycles. The van der Waals surface area contributed by atoms with E-state index in [9.17, 15) is 18.4 Å². The molecule has 0 spiro atoms. The Labute approximate surface area is 196 Å². The first-order valence-corrected chi connectivity index (χ1v) is 8.13. The molecule has 6 nitrogen and oxygen atoms in total. The number of rotatable bonds is 4. The molecule has 1 aliphatic rings. The number of halogens is 3. The van der Waals surface area contributed by atoms with Crippen molar-refractivity contribution in [3.8, 4) is 0 Å². The monoisotopic (exact) mass is 408 g/mol. The van der Waals surface area contributed by atoms with Crippen LogP contribution in [-0.4, -0.2) is 112 Å². The molecule has 2 aromatic rings. The Kier molecular flexibility index (Phi) is 7.51. The number of piperazine rings is 1. The van der Waals surface area contributed by atoms with Gasteiger partial charge >= 0.3 is 5.97 Å². The maximum absolute atomic E-state index is 15.2. The van der Waals surface area contributed by atoms with Crippen LogP contribution in [0.4, 0.5) is 18.9 Å². The van der Waals surface area contributed by atoms with Crippen LogP contribution in [-0.2, 0) is 6.54 Å². The van der Waals surface area contributed by atoms with Crippen LogP contribution in [0.2, 0.25) is 0 Å². The fourth-order valence-corrected chi connectivity index (χ4v) is 3.22. The minimum absolute atomic E-state index is 0. The number of pyridine rings is 1. The number of benzene rings is 1. The first kappa shape index (κ1) is 22.4. The average Bonchev–Trinajstić information content (AvgIpc) is 2.58. The van der Waals surface area contributed by atoms with Gasteiger partial charge in [-0.3, -0.25) is 4.79 Å². The number of anilines is 1. The van der Waals surface area contributed by atoms with Gasteiger partial charge in [0.15, 0.2) is 5.82 Å². The topological polar surface area (TPSA) is 65.8 Å². The summed E-state index contributed by atoms with van der Waals surface area (Å²) in [6.45, 7) is 0.796. The van der Waals surface area contributed by atoms with Crippen LogP contribution in [0.5, 0.6) is 0 Å². The number of alkyl halides is 1. The Bertz CT molecular complexity index is 927. The summed E-state index contributed by atoms with van der Waals surface area (Å²) >= 11 is 0. The van der Waals surface area contributed by atoms with Crippen molar-refractivity contribution in [2.24, 2.45) is 0 Å². The van der Waals surface area contributed by atoms with Gasteiger partial charge in [0.25, 0.3) is 0 Å². The summed E-state index contributed by atoms with van der Waals surface area (Å²) in [6, 6.07) is 0.843. The van der Waals surface area contributed by atoms with Gasteiger partial charge in [-0.15, -0.1) is 0 Å². The SMILES string of the molecule is CN1CCN(c2c(F)cc3c(=O)c(C(=O)O)cn(CCF)c3c2F)CC1.[K]. The molecule has 1 saturated heterocycles. The third-order valence-corrected chi connectivity index (χ3v) is 4.60. The van der Waals surface area contributed by atoms with Crippen molar-refractivity contribution in [3.63, 3.8) is 0 Å². The van der Waals surface area contributed by atoms with Crippen LogP contribution in [0.25, 0.3) is 10.9 Å². The van der Waals surface area contributed by atoms with Gasteiger partial charge in [-0.05, 0) is 13.1 Å². The largest absolute Gasteiger partial charge is 0.477 e. The Morgan fingerprint density at radius 2 is 1.85 bits per heavy atom. The Morgan fingerprint density at radius 1 is 1.22 bits per heavy atom. The van der Waals surface area contributed by atoms with Crippen LogP contribution < -0.4 is 10.3 Å². The number of carbonyl (C=O) groups is 1. The number of aromatic carboxylic acids is 1. The van der Waals surface area contributed by atoms with Crippen LogP contribution in [0.1, 0.15) is 10.4 Å². The van der Waals surface area contributed by atoms with Crippen molar-refractivity contribution in [2.45, 2.75) is 6.54 Å². The van der Waals surface area contributed by atoms with E-state index in [2.05, 4.69) is 0 Å². The van der Waals surface area contributed by atoms with Crippen molar-refractivity contribution < 1.29 is 23.1 Å². The maximum atomic E-state index is 15.2. The van der Waals surface area contributed by atoms with E-state index in [0.29, 0.717) is 26.2 Å². The summed E-state index contributed by atoms with van der Waals surface area (Å²) < 4.78 is 43.7. The van der Waals surface area contributed by atoms with Crippen molar-refractivity contribution in [1.82, 2.24) is 9.47 Å². The molecule has 0 amide bonds. The summed E-state index contributed by atoms with van der Waals surface area (Å²) in [5.41, 5.74) is -2.21. The van der Waals surface area contributed by atoms with E-state index in [4.69, 9.17) is 5.11 Å². The number of fused-ring (bicyclic) bond motifs is 1. The minimum Gasteiger partial charge on any atom is -0.477 e. The predicted octanol–water partition coefficient (Wildman–Crippen LogP) is 1.32. The summed E-state index contributed by atoms with van der Waals surface area (Å²) in [5, 5.41) is 8.72. The second-order valence-electron chi connectivity index (χ2n) is 6.27. The van der Waals surface area contributed by atoms with Crippen molar-refractivity contribution in [3.05, 3.63) is 39.7 Å². The maximum Gasteiger partial charge on any atom is 0.341 e. The molecule has 141 valence electrons. The smallest absolute Gasteiger partial charge is 0.341 e. The van der Waals surface area contributed by atoms with Crippen LogP contribution in [0, 0.1) is 11.6 Å². The molecule has 10 heteroatoms. The Hall–Kier alpha value is -0.914. The number of likely N-dealkylation sites (N-methyl/N-ethyl adjacent to an activating group) is 1. The van der Waals surface area contributed by atoms with E-state index < -0.39 is 40.7 Å². The Morgan fingerprint density at radius 3 is 2.41 bits per heavy atom. The average molecular weight is 408 g/mol. The summed E-state index contributed by atoms with van der Waals surface area (Å²) in [6.07, 6.45) is 0.904. The molecule has 0 saturated carbocycles. The van der Waals surface area contributed by atoms with Crippen molar-refractivity contribution >= 4 is 73.9 Å². The van der Waals surface area contributed by atoms with Crippen LogP contribution >= 0.6 is 0 Å². The molecular weight excluding hydrogens is 390 g/mol. The number of nitrogens with zero attached hydrogens (tertiary/aromatic N) is 3. The summed E-state index contributed by atoms with van der Waals surface area (Å²) in [4.78, 5) is 27.1. The zero-order valence-electron chi connectivity index (χ0n) is 15.1. The van der Waals surface area contributed by atoms with Gasteiger partial charge in [0, 0.05) is 83.8 Å². The molecule has 27 heavy (non-hydrogen) atoms. The molecule has 3 rings (SSSR count). The molecule has 0 unspecified atom stereocenters. The Balaban J connectivity index is 0.00000261. The number of carboxylic acids is 1. The first-order valence-electron chi connectivity index (χ1n) is 8.13. The molecule has 0 atom stereocenters. The molecule has 1 radical (unpaired) electrons. The van der Waals surface area contributed by atoms with Crippen molar-refractivity contribution in [2.75, 3.05) is 44.8 Å². The molecule has 2 heterocycles. The standard InChI is InChI=1S/C17H18F3N3O3.K/c1-21-4-6-22(7-5-21)15-12(19)8-10-14(13(15)20)23(3-2-18)9-11(16(10)24)17(25)26;/h8-9H,2-7H2,1H3,(H,25,26);. The van der Waals surface area contributed by atoms with Gasteiger partial charge in [0.2, 0.25) is 5.43 Å². The van der Waals surface area contributed by atoms with E-state index in [0.717, 1.165) is 16.8 Å². The van der Waals surface area contributed by atoms with E-state index in [1.807, 2.05) is 11.9 Å². The van der Waals surface area contributed by atoms with E-state index in [-0.39, 0.29) is 69.1 Å². The number of aryl methyl sites for hydroxylation is 1. The zero-order valence-corrected chi connectivity index (χ0v) is 18.3. The van der Waals surface area contributed by atoms with Crippen molar-refractivity contribution in [1.29, 1.82) is 0 Å². The quantitative estimate of drug-likeness (QED) is 0.773. The van der Waals surface area contributed by atoms with E-state index in [1.54, 1.807) is 4.90 Å². The number of carboxylic acid groups (broad SMARTS) is 1. The molecule has 0 bridgehead atoms. The molecule has 1 aromatic heterocycles. The fraction of sp³-hybridized carbons (Fsp3) is 0.412. The molecule has 0 aliphatic carbocycles. The second-order valence-corrected chi connectivity index (χ2v) is 6.27. The van der Waals surface area contributed by atoms with Gasteiger partial charge < -0.3 is 19.5 Å². The summed E-state index contributed by atoms with van der Waals surface area (Å²) in [7, 11) is 1.90. The fourth-order valence-electron chi connectivity index (χ4n) is 3.22. The van der Waals surface area contributed by atoms with E-state index in [1.165, 1.54) is 0 Å². The van der Waals surface area contributed by atoms with Gasteiger partial charge in [-0.1, -0.05) is 0 Å². The number of hydrogen-bond donors (Lipinski definition) is 1. The predicted molar refractivity (Wildman–Crippen MR) is 96.5 cm³/mol. The number of hydrogen-bond acceptors (Lipinski definition) is 4.